The minimum Gasteiger partial charge on any atom is -0.467 e. The first kappa shape index (κ1) is 26.5. The molecule has 1 fully saturated rings. The molecule has 0 radical (unpaired) electrons. The highest BCUT2D eigenvalue weighted by Gasteiger charge is 2.36. The number of benzene rings is 1. The molecule has 1 aliphatic rings. The molecule has 3 amide bonds. The van der Waals surface area contributed by atoms with Crippen molar-refractivity contribution in [1.82, 2.24) is 10.5 Å². The third-order valence-electron chi connectivity index (χ3n) is 6.00. The lowest BCUT2D eigenvalue weighted by molar-refractivity contribution is -0.127. The van der Waals surface area contributed by atoms with E-state index in [1.165, 1.54) is 35.4 Å². The topological polar surface area (TPSA) is 118 Å². The zero-order valence-electron chi connectivity index (χ0n) is 20.4. The normalized spacial score (nSPS) is 14.6. The fourth-order valence-corrected chi connectivity index (χ4v) is 4.96. The molecule has 196 valence electrons. The van der Waals surface area contributed by atoms with Gasteiger partial charge in [-0.05, 0) is 56.2 Å². The summed E-state index contributed by atoms with van der Waals surface area (Å²) in [5.41, 5.74) is 0.342. The number of halogens is 1. The van der Waals surface area contributed by atoms with Crippen molar-refractivity contribution in [3.05, 3.63) is 66.1 Å². The van der Waals surface area contributed by atoms with E-state index in [1.807, 2.05) is 0 Å². The second kappa shape index (κ2) is 12.6. The SMILES string of the molecule is Cc1cc(NC(=O)CSCC(=O)N(c2ccc(F)cc2)[C@H](C(=O)NC2CCCCC2)c2ccco2)no1. The summed E-state index contributed by atoms with van der Waals surface area (Å²) in [6.45, 7) is 1.71. The van der Waals surface area contributed by atoms with Crippen molar-refractivity contribution < 1.29 is 27.7 Å². The van der Waals surface area contributed by atoms with Crippen LogP contribution in [-0.2, 0) is 14.4 Å². The number of thioether (sulfide) groups is 1. The Labute approximate surface area is 218 Å². The lowest BCUT2D eigenvalue weighted by atomic mass is 9.95. The fourth-order valence-electron chi connectivity index (χ4n) is 4.29. The number of rotatable bonds is 10. The van der Waals surface area contributed by atoms with Gasteiger partial charge in [-0.2, -0.15) is 0 Å². The Morgan fingerprint density at radius 2 is 1.89 bits per heavy atom. The van der Waals surface area contributed by atoms with Gasteiger partial charge in [0, 0.05) is 17.8 Å². The molecule has 4 rings (SSSR count). The Hall–Kier alpha value is -3.60. The number of carbonyl (C=O) groups is 3. The number of aromatic nitrogens is 1. The van der Waals surface area contributed by atoms with E-state index in [0.717, 1.165) is 43.9 Å². The molecule has 1 aliphatic carbocycles. The molecular formula is C26H29FN4O5S. The Balaban J connectivity index is 1.51. The van der Waals surface area contributed by atoms with Crippen LogP contribution in [0.2, 0.25) is 0 Å². The highest BCUT2D eigenvalue weighted by atomic mass is 32.2. The molecule has 3 aromatic rings. The van der Waals surface area contributed by atoms with Crippen molar-refractivity contribution in [2.45, 2.75) is 51.1 Å². The third kappa shape index (κ3) is 7.22. The average Bonchev–Trinajstić information content (AvgIpc) is 3.55. The summed E-state index contributed by atoms with van der Waals surface area (Å²) in [5, 5.41) is 9.39. The van der Waals surface area contributed by atoms with E-state index in [1.54, 1.807) is 25.1 Å². The van der Waals surface area contributed by atoms with Crippen LogP contribution in [0.15, 0.2) is 57.7 Å². The van der Waals surface area contributed by atoms with Crippen molar-refractivity contribution in [2.75, 3.05) is 21.7 Å². The fraction of sp³-hybridized carbons (Fsp3) is 0.385. The predicted molar refractivity (Wildman–Crippen MR) is 138 cm³/mol. The first-order chi connectivity index (χ1) is 17.9. The predicted octanol–water partition coefficient (Wildman–Crippen LogP) is 4.61. The molecule has 9 nitrogen and oxygen atoms in total. The molecule has 2 N–H and O–H groups in total. The number of anilines is 2. The molecule has 1 aromatic carbocycles. The number of nitrogens with zero attached hydrogens (tertiary/aromatic N) is 2. The quantitative estimate of drug-likeness (QED) is 0.395. The Bertz CT molecular complexity index is 1190. The molecule has 11 heteroatoms. The maximum Gasteiger partial charge on any atom is 0.251 e. The van der Waals surface area contributed by atoms with Gasteiger partial charge in [-0.15, -0.1) is 11.8 Å². The maximum atomic E-state index is 13.7. The zero-order chi connectivity index (χ0) is 26.2. The van der Waals surface area contributed by atoms with Crippen LogP contribution >= 0.6 is 11.8 Å². The molecule has 0 aliphatic heterocycles. The molecule has 0 unspecified atom stereocenters. The van der Waals surface area contributed by atoms with Gasteiger partial charge in [-0.3, -0.25) is 19.3 Å². The van der Waals surface area contributed by atoms with Gasteiger partial charge >= 0.3 is 0 Å². The molecule has 0 bridgehead atoms. The van der Waals surface area contributed by atoms with Gasteiger partial charge in [-0.1, -0.05) is 24.4 Å². The lowest BCUT2D eigenvalue weighted by Crippen LogP contribution is -2.47. The smallest absolute Gasteiger partial charge is 0.251 e. The minimum atomic E-state index is -1.09. The van der Waals surface area contributed by atoms with E-state index < -0.39 is 17.8 Å². The first-order valence-corrected chi connectivity index (χ1v) is 13.3. The minimum absolute atomic E-state index is 0.0159. The molecule has 1 atom stereocenters. The van der Waals surface area contributed by atoms with Gasteiger partial charge in [0.15, 0.2) is 11.9 Å². The Morgan fingerprint density at radius 3 is 2.54 bits per heavy atom. The van der Waals surface area contributed by atoms with Gasteiger partial charge in [-0.25, -0.2) is 4.39 Å². The number of carbonyl (C=O) groups excluding carboxylic acids is 3. The standard InChI is InChI=1S/C26H29FN4O5S/c1-17-14-22(30-36-17)29-23(32)15-37-16-24(33)31(20-11-9-18(27)10-12-20)25(21-8-5-13-35-21)26(34)28-19-6-3-2-4-7-19/h5,8-14,19,25H,2-4,6-7,15-16H2,1H3,(H,28,34)(H,29,30,32)/t25-/m0/s1. The van der Waals surface area contributed by atoms with Gasteiger partial charge in [0.25, 0.3) is 5.91 Å². The van der Waals surface area contributed by atoms with Crippen molar-refractivity contribution >= 4 is 41.0 Å². The highest BCUT2D eigenvalue weighted by molar-refractivity contribution is 8.00. The molecule has 2 aromatic heterocycles. The maximum absolute atomic E-state index is 13.7. The largest absolute Gasteiger partial charge is 0.467 e. The summed E-state index contributed by atoms with van der Waals surface area (Å²) in [6.07, 6.45) is 6.38. The number of nitrogens with one attached hydrogen (secondary N) is 2. The second-order valence-electron chi connectivity index (χ2n) is 8.87. The second-order valence-corrected chi connectivity index (χ2v) is 9.85. The van der Waals surface area contributed by atoms with E-state index in [0.29, 0.717) is 17.3 Å². The number of aryl methyl sites for hydroxylation is 1. The number of amides is 3. The van der Waals surface area contributed by atoms with Crippen molar-refractivity contribution in [2.24, 2.45) is 0 Å². The van der Waals surface area contributed by atoms with E-state index in [4.69, 9.17) is 8.94 Å². The van der Waals surface area contributed by atoms with E-state index >= 15 is 0 Å². The molecule has 0 spiro atoms. The molecule has 2 heterocycles. The van der Waals surface area contributed by atoms with Crippen LogP contribution in [-0.4, -0.2) is 40.4 Å². The number of hydrogen-bond donors (Lipinski definition) is 2. The molecule has 0 saturated heterocycles. The number of furan rings is 1. The summed E-state index contributed by atoms with van der Waals surface area (Å²) in [4.78, 5) is 40.7. The van der Waals surface area contributed by atoms with Gasteiger partial charge in [0.2, 0.25) is 11.8 Å². The molecule has 1 saturated carbocycles. The molecule has 37 heavy (non-hydrogen) atoms. The van der Waals surface area contributed by atoms with Crippen LogP contribution in [0.3, 0.4) is 0 Å². The Morgan fingerprint density at radius 1 is 1.14 bits per heavy atom. The van der Waals surface area contributed by atoms with Crippen molar-refractivity contribution in [3.8, 4) is 0 Å². The van der Waals surface area contributed by atoms with Crippen LogP contribution in [0.4, 0.5) is 15.9 Å². The average molecular weight is 529 g/mol. The van der Waals surface area contributed by atoms with Crippen LogP contribution < -0.4 is 15.5 Å². The van der Waals surface area contributed by atoms with Crippen LogP contribution in [0.1, 0.15) is 49.7 Å². The summed E-state index contributed by atoms with van der Waals surface area (Å²) >= 11 is 1.09. The van der Waals surface area contributed by atoms with E-state index in [-0.39, 0.29) is 35.1 Å². The van der Waals surface area contributed by atoms with Crippen LogP contribution in [0.5, 0.6) is 0 Å². The van der Waals surface area contributed by atoms with Crippen molar-refractivity contribution in [1.29, 1.82) is 0 Å². The zero-order valence-corrected chi connectivity index (χ0v) is 21.3. The Kier molecular flexibility index (Phi) is 8.99. The van der Waals surface area contributed by atoms with E-state index in [9.17, 15) is 18.8 Å². The van der Waals surface area contributed by atoms with Gasteiger partial charge in [0.05, 0.1) is 17.8 Å². The monoisotopic (exact) mass is 528 g/mol. The summed E-state index contributed by atoms with van der Waals surface area (Å²) in [5.74, 6) is -0.599. The first-order valence-electron chi connectivity index (χ1n) is 12.1. The summed E-state index contributed by atoms with van der Waals surface area (Å²) in [7, 11) is 0. The highest BCUT2D eigenvalue weighted by Crippen LogP contribution is 2.30. The molecular weight excluding hydrogens is 499 g/mol. The van der Waals surface area contributed by atoms with E-state index in [2.05, 4.69) is 15.8 Å². The summed E-state index contributed by atoms with van der Waals surface area (Å²) < 4.78 is 24.2. The number of hydrogen-bond acceptors (Lipinski definition) is 7. The van der Waals surface area contributed by atoms with Gasteiger partial charge < -0.3 is 19.6 Å². The van der Waals surface area contributed by atoms with Crippen molar-refractivity contribution in [3.63, 3.8) is 0 Å². The van der Waals surface area contributed by atoms with Gasteiger partial charge in [0.1, 0.15) is 17.3 Å². The van der Waals surface area contributed by atoms with Crippen LogP contribution in [0, 0.1) is 12.7 Å². The summed E-state index contributed by atoms with van der Waals surface area (Å²) in [6, 6.07) is 9.14. The third-order valence-corrected chi connectivity index (χ3v) is 6.92. The van der Waals surface area contributed by atoms with Crippen LogP contribution in [0.25, 0.3) is 0 Å². The lowest BCUT2D eigenvalue weighted by Gasteiger charge is -2.32.